The Labute approximate surface area is 169 Å². The van der Waals surface area contributed by atoms with Gasteiger partial charge >= 0.3 is 0 Å². The van der Waals surface area contributed by atoms with Crippen molar-refractivity contribution in [2.45, 2.75) is 32.7 Å². The van der Waals surface area contributed by atoms with Gasteiger partial charge in [0.25, 0.3) is 5.91 Å². The second kappa shape index (κ2) is 6.40. The van der Waals surface area contributed by atoms with E-state index >= 15 is 0 Å². The number of halogens is 1. The van der Waals surface area contributed by atoms with Crippen LogP contribution < -0.4 is 0 Å². The zero-order valence-corrected chi connectivity index (χ0v) is 16.7. The number of rotatable bonds is 3. The molecule has 2 aliphatic heterocycles. The number of imidazole rings is 1. The minimum Gasteiger partial charge on any atom is -0.341 e. The van der Waals surface area contributed by atoms with Crippen molar-refractivity contribution in [3.63, 3.8) is 0 Å². The van der Waals surface area contributed by atoms with E-state index in [9.17, 15) is 14.0 Å². The van der Waals surface area contributed by atoms with Crippen molar-refractivity contribution in [2.24, 2.45) is 17.3 Å². The summed E-state index contributed by atoms with van der Waals surface area (Å²) in [6, 6.07) is 6.24. The summed E-state index contributed by atoms with van der Waals surface area (Å²) in [7, 11) is 0. The average Bonchev–Trinajstić information content (AvgIpc) is 3.03. The first-order valence-corrected chi connectivity index (χ1v) is 10.2. The average molecular weight is 396 g/mol. The molecule has 0 radical (unpaired) electrons. The number of nitrogens with zero attached hydrogens (tertiary/aromatic N) is 3. The zero-order chi connectivity index (χ0) is 20.3. The van der Waals surface area contributed by atoms with Gasteiger partial charge in [0.2, 0.25) is 5.91 Å². The molecule has 3 atom stereocenters. The van der Waals surface area contributed by atoms with Crippen LogP contribution in [0.3, 0.4) is 0 Å². The molecule has 2 aromatic rings. The largest absolute Gasteiger partial charge is 0.341 e. The van der Waals surface area contributed by atoms with E-state index in [1.807, 2.05) is 29.7 Å². The minimum atomic E-state index is -0.313. The SMILES string of the molecule is Cc1ncc(C(=O)N2C[C@@H]3CN(C(=O)C4(C)CC4)C[C@@H]3[C@H]2c2cccc(F)c2)[nH]1. The highest BCUT2D eigenvalue weighted by atomic mass is 19.1. The number of nitrogens with one attached hydrogen (secondary N) is 1. The highest BCUT2D eigenvalue weighted by Gasteiger charge is 2.54. The molecule has 1 saturated carbocycles. The quantitative estimate of drug-likeness (QED) is 0.867. The number of aromatic amines is 1. The maximum atomic E-state index is 14.0. The lowest BCUT2D eigenvalue weighted by atomic mass is 9.89. The topological polar surface area (TPSA) is 69.3 Å². The van der Waals surface area contributed by atoms with E-state index in [1.165, 1.54) is 12.1 Å². The Balaban J connectivity index is 1.46. The standard InChI is InChI=1S/C22H25FN4O2/c1-13-24-9-18(25-13)20(28)27-11-15-10-26(21(29)22(2)6-7-22)12-17(15)19(27)14-4-3-5-16(23)8-14/h3-5,8-9,15,17,19H,6-7,10-12H2,1-2H3,(H,24,25)/t15-,17-,19+/m0/s1. The fourth-order valence-electron chi connectivity index (χ4n) is 5.00. The van der Waals surface area contributed by atoms with Crippen molar-refractivity contribution in [3.05, 3.63) is 53.4 Å². The summed E-state index contributed by atoms with van der Waals surface area (Å²) < 4.78 is 14.0. The van der Waals surface area contributed by atoms with Gasteiger partial charge < -0.3 is 14.8 Å². The minimum absolute atomic E-state index is 0.107. The lowest BCUT2D eigenvalue weighted by Gasteiger charge is -2.30. The van der Waals surface area contributed by atoms with E-state index in [4.69, 9.17) is 0 Å². The third-order valence-corrected chi connectivity index (χ3v) is 6.85. The molecule has 7 heteroatoms. The predicted molar refractivity (Wildman–Crippen MR) is 104 cm³/mol. The second-order valence-corrected chi connectivity index (χ2v) is 9.03. The first-order valence-electron chi connectivity index (χ1n) is 10.2. The van der Waals surface area contributed by atoms with E-state index < -0.39 is 0 Å². The molecule has 2 amide bonds. The molecule has 1 aromatic heterocycles. The summed E-state index contributed by atoms with van der Waals surface area (Å²) in [6.45, 7) is 5.68. The molecule has 1 N–H and O–H groups in total. The van der Waals surface area contributed by atoms with Crippen molar-refractivity contribution in [2.75, 3.05) is 19.6 Å². The monoisotopic (exact) mass is 396 g/mol. The smallest absolute Gasteiger partial charge is 0.272 e. The molecule has 0 unspecified atom stereocenters. The van der Waals surface area contributed by atoms with Gasteiger partial charge in [-0.05, 0) is 37.5 Å². The lowest BCUT2D eigenvalue weighted by molar-refractivity contribution is -0.135. The highest BCUT2D eigenvalue weighted by molar-refractivity contribution is 5.93. The molecule has 3 aliphatic rings. The van der Waals surface area contributed by atoms with Gasteiger partial charge in [-0.2, -0.15) is 0 Å². The molecule has 5 rings (SSSR count). The third-order valence-electron chi connectivity index (χ3n) is 6.85. The van der Waals surface area contributed by atoms with E-state index in [0.717, 1.165) is 18.4 Å². The maximum absolute atomic E-state index is 14.0. The predicted octanol–water partition coefficient (Wildman–Crippen LogP) is 2.93. The molecular formula is C22H25FN4O2. The van der Waals surface area contributed by atoms with Crippen LogP contribution in [0.1, 0.15) is 47.7 Å². The number of amides is 2. The van der Waals surface area contributed by atoms with Gasteiger partial charge in [0.05, 0.1) is 12.2 Å². The number of aryl methyl sites for hydroxylation is 1. The first kappa shape index (κ1) is 18.3. The van der Waals surface area contributed by atoms with Crippen LogP contribution in [0.25, 0.3) is 0 Å². The van der Waals surface area contributed by atoms with Crippen LogP contribution in [-0.4, -0.2) is 51.2 Å². The Kier molecular flexibility index (Phi) is 4.05. The first-order chi connectivity index (χ1) is 13.9. The van der Waals surface area contributed by atoms with Gasteiger partial charge in [-0.15, -0.1) is 0 Å². The van der Waals surface area contributed by atoms with E-state index in [2.05, 4.69) is 9.97 Å². The van der Waals surface area contributed by atoms with Crippen LogP contribution >= 0.6 is 0 Å². The lowest BCUT2D eigenvalue weighted by Crippen LogP contribution is -2.39. The third kappa shape index (κ3) is 3.03. The number of hydrogen-bond acceptors (Lipinski definition) is 3. The van der Waals surface area contributed by atoms with Gasteiger partial charge in [-0.1, -0.05) is 19.1 Å². The number of likely N-dealkylation sites (tertiary alicyclic amines) is 2. The van der Waals surface area contributed by atoms with Gasteiger partial charge in [0.1, 0.15) is 17.3 Å². The maximum Gasteiger partial charge on any atom is 0.272 e. The van der Waals surface area contributed by atoms with E-state index in [0.29, 0.717) is 31.2 Å². The van der Waals surface area contributed by atoms with Crippen LogP contribution in [0.4, 0.5) is 4.39 Å². The van der Waals surface area contributed by atoms with Gasteiger partial charge in [-0.3, -0.25) is 9.59 Å². The van der Waals surface area contributed by atoms with Crippen molar-refractivity contribution in [1.29, 1.82) is 0 Å². The number of benzene rings is 1. The fraction of sp³-hybridized carbons (Fsp3) is 0.500. The molecule has 0 bridgehead atoms. The number of H-pyrrole nitrogens is 1. The molecule has 152 valence electrons. The molecule has 1 aromatic carbocycles. The number of fused-ring (bicyclic) bond motifs is 1. The van der Waals surface area contributed by atoms with Crippen molar-refractivity contribution < 1.29 is 14.0 Å². The highest BCUT2D eigenvalue weighted by Crippen LogP contribution is 2.50. The van der Waals surface area contributed by atoms with Crippen LogP contribution in [0.5, 0.6) is 0 Å². The van der Waals surface area contributed by atoms with E-state index in [1.54, 1.807) is 12.3 Å². The fourth-order valence-corrected chi connectivity index (χ4v) is 5.00. The number of carbonyl (C=O) groups is 2. The van der Waals surface area contributed by atoms with Crippen LogP contribution in [-0.2, 0) is 4.79 Å². The van der Waals surface area contributed by atoms with Gasteiger partial charge in [-0.25, -0.2) is 9.37 Å². The van der Waals surface area contributed by atoms with Crippen LogP contribution in [0, 0.1) is 30.0 Å². The Morgan fingerprint density at radius 2 is 2.03 bits per heavy atom. The molecule has 29 heavy (non-hydrogen) atoms. The molecule has 3 heterocycles. The Morgan fingerprint density at radius 1 is 1.24 bits per heavy atom. The normalized spacial score (nSPS) is 27.2. The number of aromatic nitrogens is 2. The molecule has 6 nitrogen and oxygen atoms in total. The summed E-state index contributed by atoms with van der Waals surface area (Å²) >= 11 is 0. The number of hydrogen-bond donors (Lipinski definition) is 1. The molecule has 0 spiro atoms. The summed E-state index contributed by atoms with van der Waals surface area (Å²) in [5, 5.41) is 0. The summed E-state index contributed by atoms with van der Waals surface area (Å²) in [5.41, 5.74) is 1.03. The van der Waals surface area contributed by atoms with Crippen LogP contribution in [0.2, 0.25) is 0 Å². The summed E-state index contributed by atoms with van der Waals surface area (Å²) in [4.78, 5) is 37.1. The molecule has 2 saturated heterocycles. The molecule has 1 aliphatic carbocycles. The summed E-state index contributed by atoms with van der Waals surface area (Å²) in [5.74, 6) is 0.781. The summed E-state index contributed by atoms with van der Waals surface area (Å²) in [6.07, 6.45) is 3.46. The van der Waals surface area contributed by atoms with Crippen molar-refractivity contribution in [1.82, 2.24) is 19.8 Å². The van der Waals surface area contributed by atoms with Gasteiger partial charge in [0, 0.05) is 36.9 Å². The molecule has 3 fully saturated rings. The van der Waals surface area contributed by atoms with Crippen molar-refractivity contribution >= 4 is 11.8 Å². The second-order valence-electron chi connectivity index (χ2n) is 9.03. The van der Waals surface area contributed by atoms with Crippen molar-refractivity contribution in [3.8, 4) is 0 Å². The van der Waals surface area contributed by atoms with E-state index in [-0.39, 0.29) is 40.9 Å². The zero-order valence-electron chi connectivity index (χ0n) is 16.7. The van der Waals surface area contributed by atoms with Crippen LogP contribution in [0.15, 0.2) is 30.5 Å². The number of carbonyl (C=O) groups excluding carboxylic acids is 2. The molecular weight excluding hydrogens is 371 g/mol. The Bertz CT molecular complexity index is 983. The Morgan fingerprint density at radius 3 is 2.69 bits per heavy atom. The van der Waals surface area contributed by atoms with Gasteiger partial charge in [0.15, 0.2) is 0 Å². The Hall–Kier alpha value is -2.70.